The van der Waals surface area contributed by atoms with Gasteiger partial charge in [-0.25, -0.2) is 4.98 Å². The molecule has 0 saturated carbocycles. The molecule has 0 spiro atoms. The first-order chi connectivity index (χ1) is 18.0. The third kappa shape index (κ3) is 10.4. The van der Waals surface area contributed by atoms with E-state index < -0.39 is 5.60 Å². The Morgan fingerprint density at radius 2 is 1.74 bits per heavy atom. The number of hydrogen-bond donors (Lipinski definition) is 1. The van der Waals surface area contributed by atoms with Crippen LogP contribution in [0.5, 0.6) is 0 Å². The fourth-order valence-corrected chi connectivity index (χ4v) is 4.92. The summed E-state index contributed by atoms with van der Waals surface area (Å²) in [7, 11) is 1.87. The fourth-order valence-electron chi connectivity index (χ4n) is 4.92. The Kier molecular flexibility index (Phi) is 12.7. The molecule has 1 aromatic heterocycles. The normalized spacial score (nSPS) is 12.7. The maximum Gasteiger partial charge on any atom is 0.306 e. The van der Waals surface area contributed by atoms with Gasteiger partial charge in [0, 0.05) is 31.2 Å². The van der Waals surface area contributed by atoms with Crippen LogP contribution in [0.2, 0.25) is 0 Å². The van der Waals surface area contributed by atoms with Crippen molar-refractivity contribution >= 4 is 34.1 Å². The van der Waals surface area contributed by atoms with Gasteiger partial charge in [-0.15, -0.1) is 0 Å². The molecular weight excluding hydrogens is 474 g/mol. The number of carbonyl (C=O) groups is 1. The van der Waals surface area contributed by atoms with Gasteiger partial charge in [0.15, 0.2) is 5.82 Å². The lowest BCUT2D eigenvalue weighted by Crippen LogP contribution is -2.29. The number of anilines is 1. The van der Waals surface area contributed by atoms with Gasteiger partial charge in [-0.2, -0.15) is 0 Å². The highest BCUT2D eigenvalue weighted by molar-refractivity contribution is 5.95. The van der Waals surface area contributed by atoms with E-state index in [0.717, 1.165) is 46.5 Å². The molecule has 0 radical (unpaired) electrons. The van der Waals surface area contributed by atoms with E-state index in [9.17, 15) is 4.79 Å². The molecule has 6 nitrogen and oxygen atoms in total. The third-order valence-electron chi connectivity index (χ3n) is 7.17. The first-order valence-electron chi connectivity index (χ1n) is 14.4. The predicted octanol–water partition coefficient (Wildman–Crippen LogP) is 8.57. The van der Waals surface area contributed by atoms with Crippen molar-refractivity contribution in [2.75, 3.05) is 25.6 Å². The first kappa shape index (κ1) is 31.7. The van der Waals surface area contributed by atoms with E-state index in [4.69, 9.17) is 19.5 Å². The molecule has 0 atom stereocenters. The number of aromatic nitrogens is 1. The number of hydrogen-bond acceptors (Lipinski definition) is 6. The van der Waals surface area contributed by atoms with Gasteiger partial charge in [0.1, 0.15) is 11.3 Å². The average molecular weight is 526 g/mol. The lowest BCUT2D eigenvalue weighted by atomic mass is 9.83. The van der Waals surface area contributed by atoms with E-state index in [0.29, 0.717) is 37.9 Å². The van der Waals surface area contributed by atoms with E-state index >= 15 is 0 Å². The van der Waals surface area contributed by atoms with Gasteiger partial charge in [-0.05, 0) is 76.8 Å². The number of nitrogens with zero attached hydrogens (tertiary/aromatic N) is 2. The number of ether oxygens (including phenoxy) is 2. The Labute approximate surface area is 231 Å². The zero-order chi connectivity index (χ0) is 28.2. The Balaban J connectivity index is 2.00. The van der Waals surface area contributed by atoms with Gasteiger partial charge in [0.25, 0.3) is 0 Å². The standard InChI is InChI=1S/C32H51N3O3/c1-9-20-31(4,5)21-15-11-12-18-28(36)38-32(6,7)22-19-25(23-37-10-2)34-29-24(3)26-16-13-14-17-27(26)35-30(29)33-8/h13-14,16-17H,9-12,15,18-23H2,1-8H3,(H,33,35)/b34-25+. The first-order valence-corrected chi connectivity index (χ1v) is 14.4. The molecule has 1 heterocycles. The van der Waals surface area contributed by atoms with Gasteiger partial charge in [-0.1, -0.05) is 58.2 Å². The number of carbonyl (C=O) groups excluding carboxylic acids is 1. The van der Waals surface area contributed by atoms with Crippen LogP contribution < -0.4 is 5.32 Å². The molecule has 2 aromatic rings. The summed E-state index contributed by atoms with van der Waals surface area (Å²) < 4.78 is 11.6. The van der Waals surface area contributed by atoms with Gasteiger partial charge in [0.2, 0.25) is 0 Å². The van der Waals surface area contributed by atoms with E-state index in [-0.39, 0.29) is 5.97 Å². The highest BCUT2D eigenvalue weighted by Crippen LogP contribution is 2.34. The monoisotopic (exact) mass is 525 g/mol. The molecule has 1 aromatic carbocycles. The lowest BCUT2D eigenvalue weighted by Gasteiger charge is -2.26. The topological polar surface area (TPSA) is 72.8 Å². The van der Waals surface area contributed by atoms with Crippen molar-refractivity contribution in [2.24, 2.45) is 10.4 Å². The minimum absolute atomic E-state index is 0.113. The number of benzene rings is 1. The number of rotatable bonds is 17. The molecule has 2 rings (SSSR count). The highest BCUT2D eigenvalue weighted by Gasteiger charge is 2.24. The zero-order valence-corrected chi connectivity index (χ0v) is 25.2. The van der Waals surface area contributed by atoms with Crippen molar-refractivity contribution in [3.63, 3.8) is 0 Å². The molecule has 212 valence electrons. The van der Waals surface area contributed by atoms with Crippen LogP contribution in [0.15, 0.2) is 29.3 Å². The molecule has 6 heteroatoms. The van der Waals surface area contributed by atoms with Gasteiger partial charge < -0.3 is 14.8 Å². The number of aliphatic imine (C=N–C) groups is 1. The van der Waals surface area contributed by atoms with Crippen molar-refractivity contribution in [3.05, 3.63) is 29.8 Å². The lowest BCUT2D eigenvalue weighted by molar-refractivity contribution is -0.157. The van der Waals surface area contributed by atoms with Gasteiger partial charge in [0.05, 0.1) is 12.1 Å². The summed E-state index contributed by atoms with van der Waals surface area (Å²) in [6.07, 6.45) is 8.63. The molecule has 0 fully saturated rings. The summed E-state index contributed by atoms with van der Waals surface area (Å²) in [6.45, 7) is 16.0. The number of para-hydroxylation sites is 1. The number of pyridine rings is 1. The molecule has 0 amide bonds. The molecular formula is C32H51N3O3. The third-order valence-corrected chi connectivity index (χ3v) is 7.17. The minimum atomic E-state index is -0.574. The molecule has 38 heavy (non-hydrogen) atoms. The van der Waals surface area contributed by atoms with Crippen LogP contribution in [0.25, 0.3) is 10.9 Å². The van der Waals surface area contributed by atoms with Gasteiger partial charge in [-0.3, -0.25) is 9.79 Å². The van der Waals surface area contributed by atoms with Crippen molar-refractivity contribution in [3.8, 4) is 0 Å². The van der Waals surface area contributed by atoms with Crippen molar-refractivity contribution in [2.45, 2.75) is 112 Å². The SMILES string of the molecule is CCCC(C)(C)CCCCCC(=O)OC(C)(C)CC/C(COCC)=N\c1c(NC)nc2ccccc2c1C. The van der Waals surface area contributed by atoms with E-state index in [2.05, 4.69) is 39.1 Å². The summed E-state index contributed by atoms with van der Waals surface area (Å²) >= 11 is 0. The molecule has 1 N–H and O–H groups in total. The van der Waals surface area contributed by atoms with Crippen LogP contribution in [0.3, 0.4) is 0 Å². The highest BCUT2D eigenvalue weighted by atomic mass is 16.6. The summed E-state index contributed by atoms with van der Waals surface area (Å²) in [4.78, 5) is 22.4. The summed E-state index contributed by atoms with van der Waals surface area (Å²) in [6, 6.07) is 8.11. The summed E-state index contributed by atoms with van der Waals surface area (Å²) in [5, 5.41) is 4.29. The van der Waals surface area contributed by atoms with Crippen LogP contribution in [-0.2, 0) is 14.3 Å². The predicted molar refractivity (Wildman–Crippen MR) is 161 cm³/mol. The van der Waals surface area contributed by atoms with Crippen molar-refractivity contribution < 1.29 is 14.3 Å². The van der Waals surface area contributed by atoms with E-state index in [1.54, 1.807) is 0 Å². The molecule has 0 saturated heterocycles. The Morgan fingerprint density at radius 3 is 2.42 bits per heavy atom. The van der Waals surface area contributed by atoms with E-state index in [1.165, 1.54) is 25.7 Å². The van der Waals surface area contributed by atoms with Crippen molar-refractivity contribution in [1.82, 2.24) is 4.98 Å². The second kappa shape index (κ2) is 15.2. The van der Waals surface area contributed by atoms with Crippen molar-refractivity contribution in [1.29, 1.82) is 0 Å². The number of esters is 1. The number of nitrogens with one attached hydrogen (secondary N) is 1. The van der Waals surface area contributed by atoms with Gasteiger partial charge >= 0.3 is 5.97 Å². The maximum atomic E-state index is 12.6. The van der Waals surface area contributed by atoms with Crippen LogP contribution in [0.1, 0.15) is 105 Å². The van der Waals surface area contributed by atoms with Crippen LogP contribution in [0, 0.1) is 12.3 Å². The quantitative estimate of drug-likeness (QED) is 0.127. The molecule has 0 aliphatic heterocycles. The smallest absolute Gasteiger partial charge is 0.306 e. The second-order valence-electron chi connectivity index (χ2n) is 11.7. The van der Waals surface area contributed by atoms with E-state index in [1.807, 2.05) is 46.0 Å². The Bertz CT molecular complexity index is 1060. The number of unbranched alkanes of at least 4 members (excludes halogenated alkanes) is 2. The summed E-state index contributed by atoms with van der Waals surface area (Å²) in [5.41, 5.74) is 3.60. The maximum absolute atomic E-state index is 12.6. The minimum Gasteiger partial charge on any atom is -0.460 e. The molecule has 0 aliphatic carbocycles. The largest absolute Gasteiger partial charge is 0.460 e. The van der Waals surface area contributed by atoms with Crippen LogP contribution in [0.4, 0.5) is 11.5 Å². The Hall–Kier alpha value is -2.47. The second-order valence-corrected chi connectivity index (χ2v) is 11.7. The molecule has 0 bridgehead atoms. The number of fused-ring (bicyclic) bond motifs is 1. The zero-order valence-electron chi connectivity index (χ0n) is 25.2. The molecule has 0 unspecified atom stereocenters. The van der Waals surface area contributed by atoms with Crippen LogP contribution in [-0.4, -0.2) is 42.5 Å². The average Bonchev–Trinajstić information content (AvgIpc) is 2.86. The van der Waals surface area contributed by atoms with Crippen LogP contribution >= 0.6 is 0 Å². The summed E-state index contributed by atoms with van der Waals surface area (Å²) in [5.74, 6) is 0.636. The number of aryl methyl sites for hydroxylation is 1. The fraction of sp³-hybridized carbons (Fsp3) is 0.656. The Morgan fingerprint density at radius 1 is 1.00 bits per heavy atom. The molecule has 0 aliphatic rings.